The van der Waals surface area contributed by atoms with Crippen molar-refractivity contribution >= 4 is 23.3 Å². The molecular formula is C15H23ClN2O3. The second-order valence-corrected chi connectivity index (χ2v) is 5.12. The normalized spacial score (nSPS) is 12.0. The molecule has 0 spiro atoms. The fourth-order valence-corrected chi connectivity index (χ4v) is 2.38. The van der Waals surface area contributed by atoms with E-state index in [1.165, 1.54) is 7.11 Å². The van der Waals surface area contributed by atoms with Crippen LogP contribution >= 0.6 is 11.6 Å². The van der Waals surface area contributed by atoms with Crippen molar-refractivity contribution in [1.29, 1.82) is 0 Å². The molecule has 1 atom stereocenters. The maximum Gasteiger partial charge on any atom is 0.319 e. The Morgan fingerprint density at radius 2 is 2.10 bits per heavy atom. The molecule has 0 aliphatic rings. The van der Waals surface area contributed by atoms with Crippen LogP contribution in [-0.4, -0.2) is 37.5 Å². The van der Waals surface area contributed by atoms with Crippen LogP contribution in [0.5, 0.6) is 0 Å². The minimum atomic E-state index is -0.726. The Bertz CT molecular complexity index is 480. The maximum absolute atomic E-state index is 12.0. The van der Waals surface area contributed by atoms with Crippen molar-refractivity contribution in [1.82, 2.24) is 5.32 Å². The summed E-state index contributed by atoms with van der Waals surface area (Å²) >= 11 is 6.18. The number of aliphatic hydroxyl groups is 1. The lowest BCUT2D eigenvalue weighted by Crippen LogP contribution is -2.37. The number of urea groups is 1. The first-order valence-electron chi connectivity index (χ1n) is 7.05. The van der Waals surface area contributed by atoms with Gasteiger partial charge in [0.25, 0.3) is 0 Å². The van der Waals surface area contributed by atoms with Gasteiger partial charge in [-0.2, -0.15) is 0 Å². The van der Waals surface area contributed by atoms with Gasteiger partial charge in [-0.25, -0.2) is 4.79 Å². The lowest BCUT2D eigenvalue weighted by molar-refractivity contribution is 0.0663. The van der Waals surface area contributed by atoms with E-state index >= 15 is 0 Å². The second kappa shape index (κ2) is 8.87. The third-order valence-corrected chi connectivity index (χ3v) is 3.53. The highest BCUT2D eigenvalue weighted by Crippen LogP contribution is 2.29. The number of hydrogen-bond donors (Lipinski definition) is 3. The third-order valence-electron chi connectivity index (χ3n) is 3.17. The highest BCUT2D eigenvalue weighted by atomic mass is 35.5. The molecule has 1 aromatic rings. The van der Waals surface area contributed by atoms with Gasteiger partial charge >= 0.3 is 6.03 Å². The fraction of sp³-hybridized carbons (Fsp3) is 0.533. The van der Waals surface area contributed by atoms with Crippen LogP contribution in [0, 0.1) is 0 Å². The zero-order valence-electron chi connectivity index (χ0n) is 12.7. The average Bonchev–Trinajstić information content (AvgIpc) is 2.46. The molecule has 0 aromatic heterocycles. The van der Waals surface area contributed by atoms with Crippen LogP contribution < -0.4 is 10.6 Å². The number of aliphatic hydroxyl groups excluding tert-OH is 1. The highest BCUT2D eigenvalue weighted by molar-refractivity contribution is 6.31. The van der Waals surface area contributed by atoms with E-state index < -0.39 is 6.10 Å². The van der Waals surface area contributed by atoms with Gasteiger partial charge < -0.3 is 20.5 Å². The van der Waals surface area contributed by atoms with E-state index in [4.69, 9.17) is 16.3 Å². The van der Waals surface area contributed by atoms with Crippen molar-refractivity contribution < 1.29 is 14.6 Å². The number of carbonyl (C=O) groups is 1. The Balaban J connectivity index is 2.77. The summed E-state index contributed by atoms with van der Waals surface area (Å²) in [5.74, 6) is 0. The zero-order valence-corrected chi connectivity index (χ0v) is 13.5. The molecule has 0 saturated carbocycles. The molecule has 0 radical (unpaired) electrons. The number of carbonyl (C=O) groups excluding carboxylic acids is 1. The second-order valence-electron chi connectivity index (χ2n) is 4.71. The lowest BCUT2D eigenvalue weighted by atomic mass is 10.0. The summed E-state index contributed by atoms with van der Waals surface area (Å²) in [6.07, 6.45) is 0.803. The van der Waals surface area contributed by atoms with Gasteiger partial charge in [0, 0.05) is 18.7 Å². The smallest absolute Gasteiger partial charge is 0.319 e. The monoisotopic (exact) mass is 314 g/mol. The standard InChI is InChI=1S/C15H23ClN2O3/c1-4-10-6-7-13(16)12(5-2)14(10)18-15(20)17-8-11(19)9-21-3/h6-7,11,19H,4-5,8-9H2,1-3H3,(H2,17,18,20)/t11-/m0/s1. The number of benzene rings is 1. The molecule has 21 heavy (non-hydrogen) atoms. The average molecular weight is 315 g/mol. The molecule has 6 heteroatoms. The number of anilines is 1. The summed E-state index contributed by atoms with van der Waals surface area (Å²) in [4.78, 5) is 12.0. The van der Waals surface area contributed by atoms with Crippen LogP contribution in [0.15, 0.2) is 12.1 Å². The van der Waals surface area contributed by atoms with Gasteiger partial charge in [-0.3, -0.25) is 0 Å². The Morgan fingerprint density at radius 3 is 2.67 bits per heavy atom. The van der Waals surface area contributed by atoms with Gasteiger partial charge in [-0.05, 0) is 30.0 Å². The maximum atomic E-state index is 12.0. The fourth-order valence-electron chi connectivity index (χ4n) is 2.09. The van der Waals surface area contributed by atoms with Crippen molar-refractivity contribution in [3.63, 3.8) is 0 Å². The van der Waals surface area contributed by atoms with E-state index in [2.05, 4.69) is 10.6 Å². The molecule has 0 saturated heterocycles. The predicted octanol–water partition coefficient (Wildman–Crippen LogP) is 2.59. The Hall–Kier alpha value is -1.30. The minimum Gasteiger partial charge on any atom is -0.389 e. The van der Waals surface area contributed by atoms with E-state index in [1.807, 2.05) is 26.0 Å². The van der Waals surface area contributed by atoms with Crippen LogP contribution in [0.25, 0.3) is 0 Å². The quantitative estimate of drug-likeness (QED) is 0.724. The molecule has 0 unspecified atom stereocenters. The Kier molecular flexibility index (Phi) is 7.50. The van der Waals surface area contributed by atoms with Crippen molar-refractivity contribution in [2.24, 2.45) is 0 Å². The van der Waals surface area contributed by atoms with Gasteiger partial charge in [-0.1, -0.05) is 31.5 Å². The zero-order chi connectivity index (χ0) is 15.8. The molecule has 0 fully saturated rings. The highest BCUT2D eigenvalue weighted by Gasteiger charge is 2.13. The minimum absolute atomic E-state index is 0.128. The van der Waals surface area contributed by atoms with Crippen molar-refractivity contribution in [2.75, 3.05) is 25.6 Å². The van der Waals surface area contributed by atoms with Crippen LogP contribution in [0.1, 0.15) is 25.0 Å². The molecule has 1 rings (SSSR count). The van der Waals surface area contributed by atoms with Crippen molar-refractivity contribution in [3.05, 3.63) is 28.3 Å². The number of rotatable bonds is 7. The molecule has 0 heterocycles. The van der Waals surface area contributed by atoms with E-state index in [1.54, 1.807) is 0 Å². The SMILES string of the molecule is CCc1ccc(Cl)c(CC)c1NC(=O)NC[C@H](O)COC. The summed E-state index contributed by atoms with van der Waals surface area (Å²) in [6.45, 7) is 4.32. The van der Waals surface area contributed by atoms with Gasteiger partial charge in [0.1, 0.15) is 0 Å². The number of nitrogens with one attached hydrogen (secondary N) is 2. The Morgan fingerprint density at radius 1 is 1.38 bits per heavy atom. The molecular weight excluding hydrogens is 292 g/mol. The number of aryl methyl sites for hydroxylation is 1. The van der Waals surface area contributed by atoms with Crippen LogP contribution in [0.4, 0.5) is 10.5 Å². The van der Waals surface area contributed by atoms with Gasteiger partial charge in [0.05, 0.1) is 18.4 Å². The molecule has 0 aliphatic heterocycles. The van der Waals surface area contributed by atoms with Crippen LogP contribution in [0.3, 0.4) is 0 Å². The van der Waals surface area contributed by atoms with E-state index in [0.717, 1.165) is 29.7 Å². The summed E-state index contributed by atoms with van der Waals surface area (Å²) in [5.41, 5.74) is 2.71. The van der Waals surface area contributed by atoms with Crippen LogP contribution in [-0.2, 0) is 17.6 Å². The number of hydrogen-bond acceptors (Lipinski definition) is 3. The number of ether oxygens (including phenoxy) is 1. The number of halogens is 1. The van der Waals surface area contributed by atoms with E-state index in [0.29, 0.717) is 5.02 Å². The van der Waals surface area contributed by atoms with Gasteiger partial charge in [-0.15, -0.1) is 0 Å². The molecule has 3 N–H and O–H groups in total. The first-order valence-corrected chi connectivity index (χ1v) is 7.43. The summed E-state index contributed by atoms with van der Waals surface area (Å²) in [7, 11) is 1.50. The molecule has 1 aromatic carbocycles. The van der Waals surface area contributed by atoms with Crippen molar-refractivity contribution in [2.45, 2.75) is 32.8 Å². The van der Waals surface area contributed by atoms with E-state index in [-0.39, 0.29) is 19.2 Å². The third kappa shape index (κ3) is 5.19. The first-order chi connectivity index (χ1) is 10.0. The summed E-state index contributed by atoms with van der Waals surface area (Å²) in [6, 6.07) is 3.40. The topological polar surface area (TPSA) is 70.6 Å². The summed E-state index contributed by atoms with van der Waals surface area (Å²) in [5, 5.41) is 15.6. The number of methoxy groups -OCH3 is 1. The number of amides is 2. The molecule has 0 aliphatic carbocycles. The molecule has 0 bridgehead atoms. The molecule has 5 nitrogen and oxygen atoms in total. The predicted molar refractivity (Wildman–Crippen MR) is 85.1 cm³/mol. The van der Waals surface area contributed by atoms with Crippen molar-refractivity contribution in [3.8, 4) is 0 Å². The van der Waals surface area contributed by atoms with E-state index in [9.17, 15) is 9.90 Å². The molecule has 2 amide bonds. The van der Waals surface area contributed by atoms with Gasteiger partial charge in [0.2, 0.25) is 0 Å². The summed E-state index contributed by atoms with van der Waals surface area (Å²) < 4.78 is 4.80. The Labute approximate surface area is 130 Å². The van der Waals surface area contributed by atoms with Gasteiger partial charge in [0.15, 0.2) is 0 Å². The molecule has 118 valence electrons. The lowest BCUT2D eigenvalue weighted by Gasteiger charge is -2.17. The van der Waals surface area contributed by atoms with Crippen LogP contribution in [0.2, 0.25) is 5.02 Å². The first kappa shape index (κ1) is 17.8. The largest absolute Gasteiger partial charge is 0.389 e.